The number of rotatable bonds is 3. The van der Waals surface area contributed by atoms with Crippen molar-refractivity contribution in [3.05, 3.63) is 144 Å². The van der Waals surface area contributed by atoms with Crippen molar-refractivity contribution in [2.45, 2.75) is 13.0 Å². The van der Waals surface area contributed by atoms with Gasteiger partial charge >= 0.3 is 0 Å². The highest BCUT2D eigenvalue weighted by atomic mass is 14.8. The second-order valence-electron chi connectivity index (χ2n) is 8.93. The zero-order valence-electron chi connectivity index (χ0n) is 20.0. The van der Waals surface area contributed by atoms with Crippen molar-refractivity contribution in [3.63, 3.8) is 0 Å². The summed E-state index contributed by atoms with van der Waals surface area (Å²) in [5.41, 5.74) is 9.17. The summed E-state index contributed by atoms with van der Waals surface area (Å²) >= 11 is 0. The number of aromatic nitrogens is 1. The predicted octanol–water partition coefficient (Wildman–Crippen LogP) is 8.53. The van der Waals surface area contributed by atoms with Crippen LogP contribution < -0.4 is 0 Å². The summed E-state index contributed by atoms with van der Waals surface area (Å²) in [5, 5.41) is 2.44. The molecule has 5 aromatic rings. The molecule has 0 unspecified atom stereocenters. The topological polar surface area (TPSA) is 25.2 Å². The van der Waals surface area contributed by atoms with E-state index in [0.717, 1.165) is 29.0 Å². The van der Waals surface area contributed by atoms with Gasteiger partial charge in [-0.2, -0.15) is 0 Å². The maximum atomic E-state index is 5.03. The van der Waals surface area contributed by atoms with E-state index < -0.39 is 0 Å². The smallest absolute Gasteiger partial charge is 0.0825 e. The van der Waals surface area contributed by atoms with Gasteiger partial charge in [-0.25, -0.2) is 0 Å². The van der Waals surface area contributed by atoms with Gasteiger partial charge in [-0.1, -0.05) is 115 Å². The zero-order valence-corrected chi connectivity index (χ0v) is 20.0. The highest BCUT2D eigenvalue weighted by Crippen LogP contribution is 2.33. The molecular weight excluding hydrogens is 436 g/mol. The standard InChI is InChI=1S/C34H26N2/c1-3-10-25(11-4-1)26-17-19-27(20-18-26)29-21-22-32(31-15-8-7-14-30(29)31)33-16-6-2-5-12-28-13-9-23-35-34(28)24-36-33/h1,3-23H,2,24H2/b12-5-,16-6-,36-33+. The minimum atomic E-state index is 0.553. The molecule has 2 heterocycles. The number of pyridine rings is 1. The molecule has 0 bridgehead atoms. The van der Waals surface area contributed by atoms with Crippen molar-refractivity contribution in [1.82, 2.24) is 4.98 Å². The van der Waals surface area contributed by atoms with E-state index >= 15 is 0 Å². The minimum Gasteiger partial charge on any atom is -0.278 e. The normalized spacial score (nSPS) is 16.5. The van der Waals surface area contributed by atoms with Crippen molar-refractivity contribution in [2.24, 2.45) is 4.99 Å². The molecule has 1 aromatic heterocycles. The molecule has 4 aromatic carbocycles. The van der Waals surface area contributed by atoms with E-state index in [4.69, 9.17) is 4.99 Å². The molecule has 2 heteroatoms. The number of fused-ring (bicyclic) bond motifs is 2. The van der Waals surface area contributed by atoms with Gasteiger partial charge in [-0.15, -0.1) is 0 Å². The molecule has 0 saturated heterocycles. The molecule has 2 nitrogen and oxygen atoms in total. The quantitative estimate of drug-likeness (QED) is 0.264. The van der Waals surface area contributed by atoms with Gasteiger partial charge in [-0.05, 0) is 57.2 Å². The second-order valence-corrected chi connectivity index (χ2v) is 8.93. The Hall–Kier alpha value is -4.56. The number of allylic oxidation sites excluding steroid dienone is 3. The molecule has 6 rings (SSSR count). The fourth-order valence-corrected chi connectivity index (χ4v) is 4.82. The average molecular weight is 463 g/mol. The summed E-state index contributed by atoms with van der Waals surface area (Å²) in [5.74, 6) is 0. The zero-order chi connectivity index (χ0) is 24.2. The summed E-state index contributed by atoms with van der Waals surface area (Å²) in [7, 11) is 0. The molecule has 0 spiro atoms. The van der Waals surface area contributed by atoms with Crippen LogP contribution in [0.1, 0.15) is 23.2 Å². The van der Waals surface area contributed by atoms with Crippen LogP contribution in [0.15, 0.2) is 133 Å². The van der Waals surface area contributed by atoms with Crippen LogP contribution in [0.3, 0.4) is 0 Å². The lowest BCUT2D eigenvalue weighted by Crippen LogP contribution is -2.02. The molecule has 0 atom stereocenters. The van der Waals surface area contributed by atoms with E-state index in [1.54, 1.807) is 0 Å². The van der Waals surface area contributed by atoms with Gasteiger partial charge in [-0.3, -0.25) is 9.98 Å². The molecule has 0 fully saturated rings. The molecule has 0 radical (unpaired) electrons. The number of benzene rings is 4. The Morgan fingerprint density at radius 3 is 2.03 bits per heavy atom. The van der Waals surface area contributed by atoms with E-state index in [1.807, 2.05) is 12.3 Å². The summed E-state index contributed by atoms with van der Waals surface area (Å²) in [6, 6.07) is 36.5. The monoisotopic (exact) mass is 462 g/mol. The van der Waals surface area contributed by atoms with E-state index in [1.165, 1.54) is 33.0 Å². The lowest BCUT2D eigenvalue weighted by atomic mass is 9.92. The molecule has 1 aliphatic rings. The van der Waals surface area contributed by atoms with E-state index in [-0.39, 0.29) is 0 Å². The fraction of sp³-hybridized carbons (Fsp3) is 0.0588. The third-order valence-corrected chi connectivity index (χ3v) is 6.67. The molecule has 0 amide bonds. The number of hydrogen-bond acceptors (Lipinski definition) is 2. The van der Waals surface area contributed by atoms with Crippen LogP contribution in [0.5, 0.6) is 0 Å². The molecular formula is C34H26N2. The third-order valence-electron chi connectivity index (χ3n) is 6.67. The molecule has 0 aliphatic carbocycles. The Morgan fingerprint density at radius 2 is 1.19 bits per heavy atom. The molecule has 0 N–H and O–H groups in total. The third kappa shape index (κ3) is 4.42. The molecule has 0 saturated carbocycles. The summed E-state index contributed by atoms with van der Waals surface area (Å²) in [6.45, 7) is 0.553. The molecule has 1 aliphatic heterocycles. The first-order valence-corrected chi connectivity index (χ1v) is 12.4. The largest absolute Gasteiger partial charge is 0.278 e. The SMILES string of the molecule is C1=C\C(c2ccc(-c3ccc(-c4ccccc4)cc3)c3ccccc23)=N/Cc2ncccc2/C=C\C/1. The Labute approximate surface area is 212 Å². The first-order chi connectivity index (χ1) is 17.9. The highest BCUT2D eigenvalue weighted by Gasteiger charge is 2.12. The highest BCUT2D eigenvalue weighted by molar-refractivity contribution is 6.18. The van der Waals surface area contributed by atoms with Gasteiger partial charge in [0.2, 0.25) is 0 Å². The van der Waals surface area contributed by atoms with Crippen molar-refractivity contribution in [3.8, 4) is 22.3 Å². The van der Waals surface area contributed by atoms with Crippen LogP contribution in [0.2, 0.25) is 0 Å². The Kier molecular flexibility index (Phi) is 6.08. The van der Waals surface area contributed by atoms with Crippen LogP contribution in [0.4, 0.5) is 0 Å². The number of hydrogen-bond donors (Lipinski definition) is 0. The van der Waals surface area contributed by atoms with E-state index in [9.17, 15) is 0 Å². The first-order valence-electron chi connectivity index (χ1n) is 12.4. The fourth-order valence-electron chi connectivity index (χ4n) is 4.82. The van der Waals surface area contributed by atoms with Crippen molar-refractivity contribution >= 4 is 22.6 Å². The summed E-state index contributed by atoms with van der Waals surface area (Å²) in [6.07, 6.45) is 11.4. The van der Waals surface area contributed by atoms with Crippen molar-refractivity contribution in [2.75, 3.05) is 0 Å². The van der Waals surface area contributed by atoms with Crippen molar-refractivity contribution < 1.29 is 0 Å². The second kappa shape index (κ2) is 9.97. The van der Waals surface area contributed by atoms with E-state index in [2.05, 4.69) is 126 Å². The Bertz CT molecular complexity index is 1610. The van der Waals surface area contributed by atoms with Crippen LogP contribution in [0, 0.1) is 0 Å². The lowest BCUT2D eigenvalue weighted by Gasteiger charge is -2.13. The molecule has 36 heavy (non-hydrogen) atoms. The van der Waals surface area contributed by atoms with Crippen LogP contribution in [-0.2, 0) is 6.54 Å². The summed E-state index contributed by atoms with van der Waals surface area (Å²) < 4.78 is 0. The van der Waals surface area contributed by atoms with Crippen LogP contribution in [-0.4, -0.2) is 10.7 Å². The van der Waals surface area contributed by atoms with Gasteiger partial charge < -0.3 is 0 Å². The Morgan fingerprint density at radius 1 is 0.528 bits per heavy atom. The van der Waals surface area contributed by atoms with Crippen molar-refractivity contribution in [1.29, 1.82) is 0 Å². The van der Waals surface area contributed by atoms with Crippen LogP contribution in [0.25, 0.3) is 39.1 Å². The van der Waals surface area contributed by atoms with Crippen LogP contribution >= 0.6 is 0 Å². The average Bonchev–Trinajstić information content (AvgIpc) is 2.95. The maximum absolute atomic E-state index is 5.03. The lowest BCUT2D eigenvalue weighted by molar-refractivity contribution is 0.984. The van der Waals surface area contributed by atoms with Gasteiger partial charge in [0.15, 0.2) is 0 Å². The number of nitrogens with zero attached hydrogens (tertiary/aromatic N) is 2. The predicted molar refractivity (Wildman–Crippen MR) is 152 cm³/mol. The maximum Gasteiger partial charge on any atom is 0.0825 e. The molecule has 172 valence electrons. The van der Waals surface area contributed by atoms with Gasteiger partial charge in [0, 0.05) is 11.8 Å². The number of aliphatic imine (C=N–C) groups is 1. The first kappa shape index (κ1) is 21.9. The van der Waals surface area contributed by atoms with E-state index in [0.29, 0.717) is 6.54 Å². The Balaban J connectivity index is 1.41. The minimum absolute atomic E-state index is 0.553. The van der Waals surface area contributed by atoms with Gasteiger partial charge in [0.05, 0.1) is 18.0 Å². The van der Waals surface area contributed by atoms with Gasteiger partial charge in [0.1, 0.15) is 0 Å². The van der Waals surface area contributed by atoms with Gasteiger partial charge in [0.25, 0.3) is 0 Å². The summed E-state index contributed by atoms with van der Waals surface area (Å²) in [4.78, 5) is 9.61.